The molecule has 4 heteroatoms. The largest absolute Gasteiger partial charge is 0.495 e. The van der Waals surface area contributed by atoms with E-state index in [1.807, 2.05) is 48.5 Å². The Morgan fingerprint density at radius 1 is 1.09 bits per heavy atom. The first-order valence-corrected chi connectivity index (χ1v) is 6.82. The minimum Gasteiger partial charge on any atom is -0.495 e. The van der Waals surface area contributed by atoms with E-state index in [-0.39, 0.29) is 0 Å². The number of hydrogen-bond donors (Lipinski definition) is 2. The van der Waals surface area contributed by atoms with Crippen LogP contribution in [0.5, 0.6) is 5.75 Å². The zero-order valence-electron chi connectivity index (χ0n) is 12.1. The molecule has 0 bridgehead atoms. The third kappa shape index (κ3) is 2.94. The molecule has 108 valence electrons. The molecule has 3 N–H and O–H groups in total. The van der Waals surface area contributed by atoms with E-state index in [0.717, 1.165) is 28.1 Å². The first-order chi connectivity index (χ1) is 10.8. The van der Waals surface area contributed by atoms with Crippen LogP contribution in [0.3, 0.4) is 0 Å². The molecule has 0 aliphatic rings. The lowest BCUT2D eigenvalue weighted by Gasteiger charge is -2.01. The van der Waals surface area contributed by atoms with Gasteiger partial charge in [-0.2, -0.15) is 0 Å². The average molecular weight is 289 g/mol. The van der Waals surface area contributed by atoms with Crippen LogP contribution >= 0.6 is 0 Å². The van der Waals surface area contributed by atoms with Crippen LogP contribution in [0, 0.1) is 11.8 Å². The van der Waals surface area contributed by atoms with Gasteiger partial charge in [0.15, 0.2) is 5.95 Å². The van der Waals surface area contributed by atoms with Gasteiger partial charge in [-0.25, -0.2) is 4.98 Å². The van der Waals surface area contributed by atoms with Gasteiger partial charge in [0, 0.05) is 11.1 Å². The number of nitrogen functional groups attached to an aromatic ring is 1. The van der Waals surface area contributed by atoms with Gasteiger partial charge in [-0.1, -0.05) is 36.1 Å². The monoisotopic (exact) mass is 289 g/mol. The van der Waals surface area contributed by atoms with E-state index in [2.05, 4.69) is 21.8 Å². The van der Waals surface area contributed by atoms with Crippen molar-refractivity contribution in [3.8, 4) is 28.8 Å². The maximum atomic E-state index is 5.61. The zero-order chi connectivity index (χ0) is 15.4. The van der Waals surface area contributed by atoms with Gasteiger partial charge in [-0.15, -0.1) is 0 Å². The zero-order valence-corrected chi connectivity index (χ0v) is 12.1. The van der Waals surface area contributed by atoms with Crippen LogP contribution in [0.25, 0.3) is 11.3 Å². The van der Waals surface area contributed by atoms with Gasteiger partial charge >= 0.3 is 0 Å². The van der Waals surface area contributed by atoms with Crippen molar-refractivity contribution >= 4 is 5.95 Å². The van der Waals surface area contributed by atoms with Gasteiger partial charge < -0.3 is 15.5 Å². The summed E-state index contributed by atoms with van der Waals surface area (Å²) in [6.45, 7) is 0. The molecule has 0 fully saturated rings. The Kier molecular flexibility index (Phi) is 3.80. The lowest BCUT2D eigenvalue weighted by molar-refractivity contribution is 0.413. The summed E-state index contributed by atoms with van der Waals surface area (Å²) in [4.78, 5) is 7.02. The number of nitrogens with one attached hydrogen (secondary N) is 1. The molecule has 0 saturated carbocycles. The van der Waals surface area contributed by atoms with Crippen LogP contribution < -0.4 is 10.5 Å². The topological polar surface area (TPSA) is 63.9 Å². The number of aromatic nitrogens is 2. The standard InChI is InChI=1S/C18H15N3O/c1-22-17-8-3-2-6-14(17)10-9-13-5-4-7-15(11-13)16-12-20-18(19)21-16/h2-8,11-12H,1H3,(H3,19,20,21). The predicted molar refractivity (Wildman–Crippen MR) is 87.4 cm³/mol. The molecule has 0 unspecified atom stereocenters. The number of hydrogen-bond acceptors (Lipinski definition) is 3. The van der Waals surface area contributed by atoms with E-state index in [1.54, 1.807) is 13.3 Å². The van der Waals surface area contributed by atoms with Gasteiger partial charge in [0.25, 0.3) is 0 Å². The van der Waals surface area contributed by atoms with E-state index >= 15 is 0 Å². The molecule has 1 aromatic heterocycles. The normalized spacial score (nSPS) is 9.86. The van der Waals surface area contributed by atoms with Crippen LogP contribution in [0.2, 0.25) is 0 Å². The van der Waals surface area contributed by atoms with Crippen molar-refractivity contribution in [1.82, 2.24) is 9.97 Å². The fourth-order valence-corrected chi connectivity index (χ4v) is 2.14. The van der Waals surface area contributed by atoms with Crippen molar-refractivity contribution < 1.29 is 4.74 Å². The summed E-state index contributed by atoms with van der Waals surface area (Å²) >= 11 is 0. The smallest absolute Gasteiger partial charge is 0.197 e. The van der Waals surface area contributed by atoms with Crippen LogP contribution in [0.15, 0.2) is 54.7 Å². The highest BCUT2D eigenvalue weighted by molar-refractivity contribution is 5.63. The lowest BCUT2D eigenvalue weighted by Crippen LogP contribution is -1.87. The first-order valence-electron chi connectivity index (χ1n) is 6.82. The summed E-state index contributed by atoms with van der Waals surface area (Å²) in [7, 11) is 1.64. The van der Waals surface area contributed by atoms with Gasteiger partial charge in [-0.05, 0) is 24.3 Å². The highest BCUT2D eigenvalue weighted by atomic mass is 16.5. The van der Waals surface area contributed by atoms with E-state index in [0.29, 0.717) is 5.95 Å². The number of methoxy groups -OCH3 is 1. The van der Waals surface area contributed by atoms with Crippen molar-refractivity contribution in [1.29, 1.82) is 0 Å². The van der Waals surface area contributed by atoms with Crippen molar-refractivity contribution in [2.24, 2.45) is 0 Å². The molecular formula is C18H15N3O. The number of imidazole rings is 1. The number of rotatable bonds is 2. The summed E-state index contributed by atoms with van der Waals surface area (Å²) in [6.07, 6.45) is 1.71. The SMILES string of the molecule is COc1ccccc1C#Cc1cccc(-c2cnc(N)[nH]2)c1. The van der Waals surface area contributed by atoms with Crippen LogP contribution in [-0.4, -0.2) is 17.1 Å². The number of benzene rings is 2. The molecule has 2 aromatic carbocycles. The Balaban J connectivity index is 1.93. The Labute approximate surface area is 129 Å². The minimum atomic E-state index is 0.403. The van der Waals surface area contributed by atoms with Gasteiger partial charge in [0.05, 0.1) is 24.6 Å². The summed E-state index contributed by atoms with van der Waals surface area (Å²) < 4.78 is 5.30. The Bertz CT molecular complexity index is 856. The fourth-order valence-electron chi connectivity index (χ4n) is 2.14. The molecular weight excluding hydrogens is 274 g/mol. The number of nitrogens with two attached hydrogens (primary N) is 1. The summed E-state index contributed by atoms with van der Waals surface area (Å²) in [5, 5.41) is 0. The Morgan fingerprint density at radius 3 is 2.73 bits per heavy atom. The molecule has 0 amide bonds. The maximum absolute atomic E-state index is 5.61. The second-order valence-corrected chi connectivity index (χ2v) is 4.71. The van der Waals surface area contributed by atoms with E-state index < -0.39 is 0 Å². The van der Waals surface area contributed by atoms with Crippen molar-refractivity contribution in [3.63, 3.8) is 0 Å². The van der Waals surface area contributed by atoms with Crippen LogP contribution in [0.4, 0.5) is 5.95 Å². The number of aromatic amines is 1. The number of para-hydroxylation sites is 1. The second-order valence-electron chi connectivity index (χ2n) is 4.71. The predicted octanol–water partition coefficient (Wildman–Crippen LogP) is 3.07. The molecule has 0 saturated heterocycles. The lowest BCUT2D eigenvalue weighted by atomic mass is 10.1. The number of nitrogens with zero attached hydrogens (tertiary/aromatic N) is 1. The third-order valence-electron chi connectivity index (χ3n) is 3.22. The Hall–Kier alpha value is -3.19. The van der Waals surface area contributed by atoms with Gasteiger partial charge in [0.2, 0.25) is 0 Å². The molecule has 0 atom stereocenters. The molecule has 22 heavy (non-hydrogen) atoms. The van der Waals surface area contributed by atoms with Gasteiger partial charge in [-0.3, -0.25) is 0 Å². The molecule has 3 aromatic rings. The molecule has 0 radical (unpaired) electrons. The quantitative estimate of drug-likeness (QED) is 0.713. The average Bonchev–Trinajstić information content (AvgIpc) is 3.00. The molecule has 0 spiro atoms. The fraction of sp³-hybridized carbons (Fsp3) is 0.0556. The van der Waals surface area contributed by atoms with E-state index in [1.165, 1.54) is 0 Å². The van der Waals surface area contributed by atoms with Gasteiger partial charge in [0.1, 0.15) is 5.75 Å². The Morgan fingerprint density at radius 2 is 1.95 bits per heavy atom. The highest BCUT2D eigenvalue weighted by Crippen LogP contribution is 2.19. The van der Waals surface area contributed by atoms with E-state index in [9.17, 15) is 0 Å². The number of ether oxygens (including phenoxy) is 1. The van der Waals surface area contributed by atoms with Crippen molar-refractivity contribution in [2.45, 2.75) is 0 Å². The number of anilines is 1. The first kappa shape index (κ1) is 13.8. The van der Waals surface area contributed by atoms with Crippen LogP contribution in [0.1, 0.15) is 11.1 Å². The molecule has 4 nitrogen and oxygen atoms in total. The second kappa shape index (κ2) is 6.06. The highest BCUT2D eigenvalue weighted by Gasteiger charge is 2.01. The summed E-state index contributed by atoms with van der Waals surface area (Å²) in [5.74, 6) is 7.47. The molecule has 1 heterocycles. The van der Waals surface area contributed by atoms with Crippen molar-refractivity contribution in [3.05, 3.63) is 65.9 Å². The van der Waals surface area contributed by atoms with Crippen LogP contribution in [-0.2, 0) is 0 Å². The van der Waals surface area contributed by atoms with Crippen molar-refractivity contribution in [2.75, 3.05) is 12.8 Å². The molecule has 0 aliphatic carbocycles. The minimum absolute atomic E-state index is 0.403. The molecule has 0 aliphatic heterocycles. The number of H-pyrrole nitrogens is 1. The summed E-state index contributed by atoms with van der Waals surface area (Å²) in [5.41, 5.74) is 9.26. The molecule has 3 rings (SSSR count). The maximum Gasteiger partial charge on any atom is 0.197 e. The third-order valence-corrected chi connectivity index (χ3v) is 3.22. The van der Waals surface area contributed by atoms with E-state index in [4.69, 9.17) is 10.5 Å². The summed E-state index contributed by atoms with van der Waals surface area (Å²) in [6, 6.07) is 15.6.